The van der Waals surface area contributed by atoms with Crippen LogP contribution in [0.25, 0.3) is 0 Å². The first kappa shape index (κ1) is 15.7. The second-order valence-corrected chi connectivity index (χ2v) is 7.23. The smallest absolute Gasteiger partial charge is 0.319 e. The van der Waals surface area contributed by atoms with Crippen molar-refractivity contribution in [3.05, 3.63) is 30.3 Å². The summed E-state index contributed by atoms with van der Waals surface area (Å²) in [7, 11) is 0. The number of thioether (sulfide) groups is 1. The van der Waals surface area contributed by atoms with Gasteiger partial charge in [-0.1, -0.05) is 18.2 Å². The van der Waals surface area contributed by atoms with Gasteiger partial charge in [0.1, 0.15) is 0 Å². The van der Waals surface area contributed by atoms with Gasteiger partial charge in [0.15, 0.2) is 0 Å². The average molecular weight is 319 g/mol. The third-order valence-corrected chi connectivity index (χ3v) is 5.59. The minimum atomic E-state index is 0.0536. The van der Waals surface area contributed by atoms with Gasteiger partial charge < -0.3 is 15.1 Å². The molecule has 1 atom stereocenters. The van der Waals surface area contributed by atoms with E-state index in [1.165, 1.54) is 25.9 Å². The van der Waals surface area contributed by atoms with Crippen molar-refractivity contribution in [2.24, 2.45) is 0 Å². The van der Waals surface area contributed by atoms with Crippen LogP contribution in [0.15, 0.2) is 30.3 Å². The van der Waals surface area contributed by atoms with Crippen LogP contribution in [0, 0.1) is 0 Å². The average Bonchev–Trinajstić information content (AvgIpc) is 2.93. The number of likely N-dealkylation sites (tertiary alicyclic amines) is 1. The molecule has 0 spiro atoms. The summed E-state index contributed by atoms with van der Waals surface area (Å²) in [6, 6.07) is 10.1. The number of urea groups is 1. The molecule has 0 saturated carbocycles. The Balaban J connectivity index is 1.65. The molecule has 5 heteroatoms. The topological polar surface area (TPSA) is 35.6 Å². The Bertz CT molecular complexity index is 476. The molecule has 0 radical (unpaired) electrons. The first-order valence-electron chi connectivity index (χ1n) is 8.26. The maximum atomic E-state index is 12.7. The van der Waals surface area contributed by atoms with Crippen LogP contribution in [-0.4, -0.2) is 59.6 Å². The number of hydrogen-bond donors (Lipinski definition) is 1. The standard InChI is InChI=1S/C17H25N3OS/c21-17(18-15-7-2-1-3-8-15)20-11-6-12-22-14-16(20)13-19-9-4-5-10-19/h1-3,7-8,16H,4-6,9-14H2,(H,18,21). The van der Waals surface area contributed by atoms with Gasteiger partial charge in [-0.25, -0.2) is 4.79 Å². The van der Waals surface area contributed by atoms with Crippen molar-refractivity contribution >= 4 is 23.5 Å². The minimum Gasteiger partial charge on any atom is -0.319 e. The molecule has 120 valence electrons. The summed E-state index contributed by atoms with van der Waals surface area (Å²) in [6.07, 6.45) is 3.69. The van der Waals surface area contributed by atoms with Gasteiger partial charge in [0.2, 0.25) is 0 Å². The van der Waals surface area contributed by atoms with Gasteiger partial charge in [0.25, 0.3) is 0 Å². The lowest BCUT2D eigenvalue weighted by molar-refractivity contribution is 0.173. The van der Waals surface area contributed by atoms with Gasteiger partial charge in [-0.15, -0.1) is 0 Å². The number of nitrogens with one attached hydrogen (secondary N) is 1. The van der Waals surface area contributed by atoms with E-state index in [0.717, 1.165) is 36.7 Å². The number of amides is 2. The van der Waals surface area contributed by atoms with Crippen LogP contribution in [0.5, 0.6) is 0 Å². The van der Waals surface area contributed by atoms with Crippen molar-refractivity contribution in [1.29, 1.82) is 0 Å². The molecule has 2 saturated heterocycles. The molecule has 22 heavy (non-hydrogen) atoms. The monoisotopic (exact) mass is 319 g/mol. The molecule has 1 unspecified atom stereocenters. The Morgan fingerprint density at radius 1 is 1.14 bits per heavy atom. The molecule has 2 aliphatic heterocycles. The summed E-state index contributed by atoms with van der Waals surface area (Å²) < 4.78 is 0. The second kappa shape index (κ2) is 7.88. The van der Waals surface area contributed by atoms with Crippen LogP contribution in [0.3, 0.4) is 0 Å². The molecule has 2 aliphatic rings. The zero-order chi connectivity index (χ0) is 15.2. The predicted molar refractivity (Wildman–Crippen MR) is 93.6 cm³/mol. The Labute approximate surface area is 137 Å². The van der Waals surface area contributed by atoms with Crippen LogP contribution >= 0.6 is 11.8 Å². The quantitative estimate of drug-likeness (QED) is 0.930. The summed E-state index contributed by atoms with van der Waals surface area (Å²) in [5.74, 6) is 2.21. The number of rotatable bonds is 3. The van der Waals surface area contributed by atoms with Crippen LogP contribution in [0.2, 0.25) is 0 Å². The molecule has 2 fully saturated rings. The third-order valence-electron chi connectivity index (χ3n) is 4.39. The van der Waals surface area contributed by atoms with Gasteiger partial charge in [-0.05, 0) is 50.2 Å². The molecule has 1 aromatic rings. The fourth-order valence-electron chi connectivity index (χ4n) is 3.23. The fraction of sp³-hybridized carbons (Fsp3) is 0.588. The van der Waals surface area contributed by atoms with Crippen molar-refractivity contribution in [3.63, 3.8) is 0 Å². The SMILES string of the molecule is O=C(Nc1ccccc1)N1CCCSCC1CN1CCCC1. The zero-order valence-electron chi connectivity index (χ0n) is 13.0. The van der Waals surface area contributed by atoms with Gasteiger partial charge >= 0.3 is 6.03 Å². The lowest BCUT2D eigenvalue weighted by Gasteiger charge is -2.32. The van der Waals surface area contributed by atoms with E-state index in [1.54, 1.807) is 0 Å². The van der Waals surface area contributed by atoms with Gasteiger partial charge in [0.05, 0.1) is 6.04 Å². The number of carbonyl (C=O) groups excluding carboxylic acids is 1. The zero-order valence-corrected chi connectivity index (χ0v) is 13.9. The van der Waals surface area contributed by atoms with E-state index >= 15 is 0 Å². The highest BCUT2D eigenvalue weighted by Gasteiger charge is 2.28. The van der Waals surface area contributed by atoms with Gasteiger partial charge in [-0.2, -0.15) is 11.8 Å². The van der Waals surface area contributed by atoms with E-state index in [1.807, 2.05) is 42.1 Å². The molecule has 0 bridgehead atoms. The molecule has 1 aromatic carbocycles. The van der Waals surface area contributed by atoms with Crippen LogP contribution < -0.4 is 5.32 Å². The van der Waals surface area contributed by atoms with Crippen LogP contribution in [-0.2, 0) is 0 Å². The molecular formula is C17H25N3OS. The van der Waals surface area contributed by atoms with E-state index in [-0.39, 0.29) is 6.03 Å². The van der Waals surface area contributed by atoms with Gasteiger partial charge in [-0.3, -0.25) is 0 Å². The van der Waals surface area contributed by atoms with E-state index in [0.29, 0.717) is 6.04 Å². The maximum Gasteiger partial charge on any atom is 0.322 e. The first-order chi connectivity index (χ1) is 10.8. The number of benzene rings is 1. The Morgan fingerprint density at radius 3 is 2.68 bits per heavy atom. The molecule has 2 heterocycles. The lowest BCUT2D eigenvalue weighted by atomic mass is 10.2. The number of anilines is 1. The summed E-state index contributed by atoms with van der Waals surface area (Å²) >= 11 is 1.99. The predicted octanol–water partition coefficient (Wildman–Crippen LogP) is 3.12. The normalized spacial score (nSPS) is 23.3. The molecular weight excluding hydrogens is 294 g/mol. The summed E-state index contributed by atoms with van der Waals surface area (Å²) in [5.41, 5.74) is 0.879. The molecule has 2 amide bonds. The van der Waals surface area contributed by atoms with E-state index in [9.17, 15) is 4.79 Å². The van der Waals surface area contributed by atoms with Crippen LogP contribution in [0.4, 0.5) is 10.5 Å². The van der Waals surface area contributed by atoms with Crippen molar-refractivity contribution in [2.75, 3.05) is 43.0 Å². The summed E-state index contributed by atoms with van der Waals surface area (Å²) in [6.45, 7) is 4.27. The lowest BCUT2D eigenvalue weighted by Crippen LogP contribution is -2.49. The molecule has 1 N–H and O–H groups in total. The Kier molecular flexibility index (Phi) is 5.62. The van der Waals surface area contributed by atoms with Crippen molar-refractivity contribution in [3.8, 4) is 0 Å². The second-order valence-electron chi connectivity index (χ2n) is 6.08. The van der Waals surface area contributed by atoms with Gasteiger partial charge in [0, 0.05) is 24.5 Å². The van der Waals surface area contributed by atoms with E-state index < -0.39 is 0 Å². The molecule has 0 aromatic heterocycles. The summed E-state index contributed by atoms with van der Waals surface area (Å²) in [5, 5.41) is 3.05. The van der Waals surface area contributed by atoms with Crippen LogP contribution in [0.1, 0.15) is 19.3 Å². The van der Waals surface area contributed by atoms with Crippen molar-refractivity contribution in [2.45, 2.75) is 25.3 Å². The maximum absolute atomic E-state index is 12.7. The highest BCUT2D eigenvalue weighted by Crippen LogP contribution is 2.20. The molecule has 4 nitrogen and oxygen atoms in total. The number of para-hydroxylation sites is 1. The summed E-state index contributed by atoms with van der Waals surface area (Å²) in [4.78, 5) is 17.3. The third kappa shape index (κ3) is 4.17. The van der Waals surface area contributed by atoms with E-state index in [4.69, 9.17) is 0 Å². The minimum absolute atomic E-state index is 0.0536. The van der Waals surface area contributed by atoms with E-state index in [2.05, 4.69) is 15.1 Å². The highest BCUT2D eigenvalue weighted by molar-refractivity contribution is 7.99. The fourth-order valence-corrected chi connectivity index (χ4v) is 4.28. The molecule has 0 aliphatic carbocycles. The Morgan fingerprint density at radius 2 is 1.91 bits per heavy atom. The molecule has 3 rings (SSSR count). The largest absolute Gasteiger partial charge is 0.322 e. The highest BCUT2D eigenvalue weighted by atomic mass is 32.2. The van der Waals surface area contributed by atoms with Crippen molar-refractivity contribution < 1.29 is 4.79 Å². The first-order valence-corrected chi connectivity index (χ1v) is 9.41. The van der Waals surface area contributed by atoms with Crippen molar-refractivity contribution in [1.82, 2.24) is 9.80 Å². The number of hydrogen-bond acceptors (Lipinski definition) is 3. The number of carbonyl (C=O) groups is 1. The number of nitrogens with zero attached hydrogens (tertiary/aromatic N) is 2. The Hall–Kier alpha value is -1.20.